The summed E-state index contributed by atoms with van der Waals surface area (Å²) >= 11 is 0. The molecule has 2 aliphatic heterocycles. The van der Waals surface area contributed by atoms with Crippen LogP contribution in [0.3, 0.4) is 0 Å². The Bertz CT molecular complexity index is 1100. The number of hydrogen-bond acceptors (Lipinski definition) is 4. The molecule has 34 heavy (non-hydrogen) atoms. The van der Waals surface area contributed by atoms with E-state index >= 15 is 0 Å². The third-order valence-corrected chi connectivity index (χ3v) is 7.99. The average Bonchev–Trinajstić information content (AvgIpc) is 3.51. The van der Waals surface area contributed by atoms with Gasteiger partial charge in [0.1, 0.15) is 12.1 Å². The first kappa shape index (κ1) is 22.4. The summed E-state index contributed by atoms with van der Waals surface area (Å²) in [6, 6.07) is 15.9. The van der Waals surface area contributed by atoms with E-state index in [1.807, 2.05) is 31.2 Å². The van der Waals surface area contributed by atoms with Gasteiger partial charge >= 0.3 is 12.1 Å². The lowest BCUT2D eigenvalue weighted by Gasteiger charge is -2.35. The van der Waals surface area contributed by atoms with Crippen LogP contribution in [-0.2, 0) is 14.3 Å². The van der Waals surface area contributed by atoms with Gasteiger partial charge < -0.3 is 20.1 Å². The summed E-state index contributed by atoms with van der Waals surface area (Å²) in [6.07, 6.45) is 1.73. The molecule has 2 aromatic carbocycles. The van der Waals surface area contributed by atoms with Crippen LogP contribution in [0.4, 0.5) is 4.79 Å². The number of benzene rings is 2. The molecule has 7 heteroatoms. The van der Waals surface area contributed by atoms with Crippen molar-refractivity contribution in [1.82, 2.24) is 10.2 Å². The average molecular weight is 463 g/mol. The van der Waals surface area contributed by atoms with Crippen molar-refractivity contribution in [1.29, 1.82) is 0 Å². The van der Waals surface area contributed by atoms with Crippen molar-refractivity contribution in [2.24, 2.45) is 5.92 Å². The number of carboxylic acid groups (broad SMARTS) is 1. The van der Waals surface area contributed by atoms with Crippen molar-refractivity contribution < 1.29 is 24.2 Å². The standard InChI is InChI=1S/C27H30N2O5/c1-3-27(2,25(32)29-16-12-13-23(29)21(14-16)24(30)31)28-26(33)34-15-22-19-10-6-4-8-17(19)18-9-5-7-11-20(18)22/h4-11,16,21-23H,3,12-15H2,1-2H3,(H,28,33)(H,30,31)/t16-,21+,23+,27?/m1/s1. The first-order valence-electron chi connectivity index (χ1n) is 12.0. The molecule has 5 rings (SSSR count). The van der Waals surface area contributed by atoms with Gasteiger partial charge in [-0.25, -0.2) is 4.79 Å². The number of amides is 2. The molecule has 3 aliphatic rings. The fraction of sp³-hybridized carbons (Fsp3) is 0.444. The van der Waals surface area contributed by atoms with E-state index in [0.29, 0.717) is 19.3 Å². The number of carbonyl (C=O) groups is 3. The Morgan fingerprint density at radius 3 is 2.24 bits per heavy atom. The quantitative estimate of drug-likeness (QED) is 0.672. The van der Waals surface area contributed by atoms with Gasteiger partial charge in [0, 0.05) is 18.0 Å². The summed E-state index contributed by atoms with van der Waals surface area (Å²) in [5, 5.41) is 12.3. The van der Waals surface area contributed by atoms with Gasteiger partial charge in [0.15, 0.2) is 0 Å². The van der Waals surface area contributed by atoms with E-state index in [2.05, 4.69) is 29.6 Å². The molecule has 0 spiro atoms. The van der Waals surface area contributed by atoms with Crippen molar-refractivity contribution >= 4 is 18.0 Å². The lowest BCUT2D eigenvalue weighted by molar-refractivity contribution is -0.144. The van der Waals surface area contributed by atoms with E-state index < -0.39 is 23.5 Å². The van der Waals surface area contributed by atoms with E-state index in [4.69, 9.17) is 4.74 Å². The number of aliphatic carboxylic acids is 1. The molecule has 2 heterocycles. The molecule has 2 fully saturated rings. The number of rotatable bonds is 6. The molecule has 2 aromatic rings. The zero-order chi connectivity index (χ0) is 24.0. The number of hydrogen-bond donors (Lipinski definition) is 2. The van der Waals surface area contributed by atoms with Gasteiger partial charge in [-0.2, -0.15) is 0 Å². The molecule has 0 saturated carbocycles. The van der Waals surface area contributed by atoms with Crippen molar-refractivity contribution in [3.05, 3.63) is 59.7 Å². The summed E-state index contributed by atoms with van der Waals surface area (Å²) in [5.41, 5.74) is 3.39. The van der Waals surface area contributed by atoms with E-state index in [-0.39, 0.29) is 30.5 Å². The number of fused-ring (bicyclic) bond motifs is 5. The van der Waals surface area contributed by atoms with Crippen LogP contribution >= 0.6 is 0 Å². The maximum Gasteiger partial charge on any atom is 0.408 e. The molecule has 1 unspecified atom stereocenters. The minimum absolute atomic E-state index is 0.0625. The van der Waals surface area contributed by atoms with Crippen LogP contribution in [0.1, 0.15) is 56.6 Å². The Hall–Kier alpha value is -3.35. The van der Waals surface area contributed by atoms with Crippen LogP contribution in [0.25, 0.3) is 11.1 Å². The number of carboxylic acids is 1. The molecule has 1 aliphatic carbocycles. The zero-order valence-electron chi connectivity index (χ0n) is 19.5. The largest absolute Gasteiger partial charge is 0.481 e. The Morgan fingerprint density at radius 1 is 1.06 bits per heavy atom. The number of nitrogens with one attached hydrogen (secondary N) is 1. The van der Waals surface area contributed by atoms with Crippen LogP contribution in [0, 0.1) is 5.92 Å². The molecular weight excluding hydrogens is 432 g/mol. The topological polar surface area (TPSA) is 95.9 Å². The van der Waals surface area contributed by atoms with Gasteiger partial charge in [-0.15, -0.1) is 0 Å². The van der Waals surface area contributed by atoms with Gasteiger partial charge in [-0.3, -0.25) is 9.59 Å². The van der Waals surface area contributed by atoms with E-state index in [0.717, 1.165) is 28.7 Å². The molecule has 178 valence electrons. The summed E-state index contributed by atoms with van der Waals surface area (Å²) in [4.78, 5) is 39.7. The maximum absolute atomic E-state index is 13.5. The molecule has 4 atom stereocenters. The molecule has 0 aromatic heterocycles. The summed E-state index contributed by atoms with van der Waals surface area (Å²) in [5.74, 6) is -1.67. The smallest absolute Gasteiger partial charge is 0.408 e. The van der Waals surface area contributed by atoms with Gasteiger partial charge in [-0.05, 0) is 54.9 Å². The summed E-state index contributed by atoms with van der Waals surface area (Å²) < 4.78 is 5.66. The van der Waals surface area contributed by atoms with Crippen LogP contribution < -0.4 is 5.32 Å². The molecule has 2 amide bonds. The van der Waals surface area contributed by atoms with Crippen LogP contribution in [-0.4, -0.2) is 52.2 Å². The highest BCUT2D eigenvalue weighted by Crippen LogP contribution is 2.45. The molecule has 2 bridgehead atoms. The summed E-state index contributed by atoms with van der Waals surface area (Å²) in [7, 11) is 0. The van der Waals surface area contributed by atoms with Crippen LogP contribution in [0.15, 0.2) is 48.5 Å². The molecule has 0 radical (unpaired) electrons. The summed E-state index contributed by atoms with van der Waals surface area (Å²) in [6.45, 7) is 3.71. The minimum Gasteiger partial charge on any atom is -0.481 e. The Labute approximate surface area is 199 Å². The van der Waals surface area contributed by atoms with Crippen molar-refractivity contribution in [2.45, 2.75) is 63.1 Å². The lowest BCUT2D eigenvalue weighted by atomic mass is 9.89. The molecule has 2 saturated heterocycles. The minimum atomic E-state index is -1.16. The molecular formula is C27H30N2O5. The number of alkyl carbamates (subject to hydrolysis) is 1. The number of ether oxygens (including phenoxy) is 1. The number of carbonyl (C=O) groups excluding carboxylic acids is 2. The van der Waals surface area contributed by atoms with Crippen LogP contribution in [0.5, 0.6) is 0 Å². The van der Waals surface area contributed by atoms with Gasteiger partial charge in [-0.1, -0.05) is 55.5 Å². The fourth-order valence-corrected chi connectivity index (χ4v) is 6.01. The second-order valence-electron chi connectivity index (χ2n) is 9.83. The third-order valence-electron chi connectivity index (χ3n) is 7.99. The van der Waals surface area contributed by atoms with Crippen molar-refractivity contribution in [2.75, 3.05) is 6.61 Å². The first-order chi connectivity index (χ1) is 16.3. The van der Waals surface area contributed by atoms with Crippen molar-refractivity contribution in [3.8, 4) is 11.1 Å². The Balaban J connectivity index is 1.28. The zero-order valence-corrected chi connectivity index (χ0v) is 19.5. The Morgan fingerprint density at radius 2 is 1.68 bits per heavy atom. The van der Waals surface area contributed by atoms with Crippen molar-refractivity contribution in [3.63, 3.8) is 0 Å². The second-order valence-corrected chi connectivity index (χ2v) is 9.83. The second kappa shape index (κ2) is 8.46. The fourth-order valence-electron chi connectivity index (χ4n) is 6.01. The predicted molar refractivity (Wildman–Crippen MR) is 126 cm³/mol. The van der Waals surface area contributed by atoms with Gasteiger partial charge in [0.2, 0.25) is 5.91 Å². The monoisotopic (exact) mass is 462 g/mol. The first-order valence-corrected chi connectivity index (χ1v) is 12.0. The SMILES string of the molecule is CCC(C)(NC(=O)OCC1c2ccccc2-c2ccccc21)C(=O)N1[C@@H]2CC[C@H]1[C@@H](C(=O)O)C2. The van der Waals surface area contributed by atoms with E-state index in [1.165, 1.54) is 0 Å². The molecule has 2 N–H and O–H groups in total. The highest BCUT2D eigenvalue weighted by molar-refractivity contribution is 5.91. The van der Waals surface area contributed by atoms with Crippen LogP contribution in [0.2, 0.25) is 0 Å². The number of nitrogens with zero attached hydrogens (tertiary/aromatic N) is 1. The van der Waals surface area contributed by atoms with E-state index in [9.17, 15) is 19.5 Å². The predicted octanol–water partition coefficient (Wildman–Crippen LogP) is 4.16. The molecule has 7 nitrogen and oxygen atoms in total. The lowest BCUT2D eigenvalue weighted by Crippen LogP contribution is -2.59. The Kier molecular flexibility index (Phi) is 5.58. The maximum atomic E-state index is 13.5. The van der Waals surface area contributed by atoms with E-state index in [1.54, 1.807) is 11.8 Å². The highest BCUT2D eigenvalue weighted by atomic mass is 16.5. The van der Waals surface area contributed by atoms with Gasteiger partial charge in [0.25, 0.3) is 0 Å². The highest BCUT2D eigenvalue weighted by Gasteiger charge is 2.54. The van der Waals surface area contributed by atoms with Gasteiger partial charge in [0.05, 0.1) is 5.92 Å². The normalized spacial score (nSPS) is 24.3. The third kappa shape index (κ3) is 3.54.